The molecule has 0 aromatic heterocycles. The Hall–Kier alpha value is -0.600. The summed E-state index contributed by atoms with van der Waals surface area (Å²) >= 11 is 0. The molecule has 0 aromatic rings. The van der Waals surface area contributed by atoms with Crippen molar-refractivity contribution in [3.63, 3.8) is 0 Å². The van der Waals surface area contributed by atoms with Crippen molar-refractivity contribution in [1.82, 2.24) is 4.90 Å². The molecule has 0 N–H and O–H groups in total. The average molecular weight is 204 g/mol. The summed E-state index contributed by atoms with van der Waals surface area (Å²) < 4.78 is 21.7. The zero-order chi connectivity index (χ0) is 10.5. The number of rotatable bonds is 5. The summed E-state index contributed by atoms with van der Waals surface area (Å²) in [4.78, 5) is 1.76. The molecule has 0 fully saturated rings. The van der Waals surface area contributed by atoms with Crippen LogP contribution in [0.2, 0.25) is 0 Å². The van der Waals surface area contributed by atoms with Gasteiger partial charge >= 0.3 is 0 Å². The topological polar surface area (TPSA) is 61.2 Å². The smallest absolute Gasteiger partial charge is 0.148 e. The third-order valence-corrected chi connectivity index (χ3v) is 2.81. The summed E-state index contributed by atoms with van der Waals surface area (Å²) in [5, 5.41) is 8.68. The van der Waals surface area contributed by atoms with Crippen LogP contribution in [0.4, 0.5) is 0 Å². The number of sulfone groups is 1. The third-order valence-electron chi connectivity index (χ3n) is 1.88. The van der Waals surface area contributed by atoms with E-state index in [4.69, 9.17) is 5.26 Å². The molecule has 5 heteroatoms. The van der Waals surface area contributed by atoms with E-state index >= 15 is 0 Å². The van der Waals surface area contributed by atoms with Gasteiger partial charge < -0.3 is 0 Å². The van der Waals surface area contributed by atoms with E-state index in [1.807, 2.05) is 6.92 Å². The second-order valence-corrected chi connectivity index (χ2v) is 5.42. The summed E-state index contributed by atoms with van der Waals surface area (Å²) in [6, 6.07) is 1.94. The zero-order valence-electron chi connectivity index (χ0n) is 8.32. The van der Waals surface area contributed by atoms with Gasteiger partial charge in [-0.3, -0.25) is 4.90 Å². The first-order valence-electron chi connectivity index (χ1n) is 4.18. The van der Waals surface area contributed by atoms with Gasteiger partial charge in [0.1, 0.15) is 9.84 Å². The average Bonchev–Trinajstić information content (AvgIpc) is 2.02. The fourth-order valence-electron chi connectivity index (χ4n) is 0.967. The Kier molecular flexibility index (Phi) is 4.96. The van der Waals surface area contributed by atoms with Crippen molar-refractivity contribution in [3.05, 3.63) is 0 Å². The Balaban J connectivity index is 4.02. The van der Waals surface area contributed by atoms with Gasteiger partial charge in [-0.1, -0.05) is 6.92 Å². The zero-order valence-corrected chi connectivity index (χ0v) is 9.13. The fraction of sp³-hybridized carbons (Fsp3) is 0.875. The van der Waals surface area contributed by atoms with E-state index in [1.54, 1.807) is 11.9 Å². The van der Waals surface area contributed by atoms with Gasteiger partial charge in [0.05, 0.1) is 17.9 Å². The van der Waals surface area contributed by atoms with E-state index in [0.717, 1.165) is 6.42 Å². The molecule has 0 heterocycles. The number of hydrogen-bond acceptors (Lipinski definition) is 4. The van der Waals surface area contributed by atoms with Gasteiger partial charge in [0.2, 0.25) is 0 Å². The normalized spacial score (nSPS) is 14.1. The molecule has 76 valence electrons. The number of hydrogen-bond donors (Lipinski definition) is 0. The molecule has 0 radical (unpaired) electrons. The van der Waals surface area contributed by atoms with Crippen molar-refractivity contribution in [2.45, 2.75) is 19.4 Å². The van der Waals surface area contributed by atoms with Crippen LogP contribution >= 0.6 is 0 Å². The summed E-state index contributed by atoms with van der Waals surface area (Å²) in [5.41, 5.74) is 0. The molecule has 0 bridgehead atoms. The minimum absolute atomic E-state index is 0.113. The fourth-order valence-corrected chi connectivity index (χ4v) is 1.59. The third kappa shape index (κ3) is 5.61. The molecule has 4 nitrogen and oxygen atoms in total. The first-order valence-corrected chi connectivity index (χ1v) is 6.24. The SMILES string of the molecule is CCC(C#N)N(C)CCS(C)(=O)=O. The predicted molar refractivity (Wildman–Crippen MR) is 52.0 cm³/mol. The molecule has 0 saturated carbocycles. The van der Waals surface area contributed by atoms with Gasteiger partial charge in [-0.25, -0.2) is 8.42 Å². The first-order chi connectivity index (χ1) is 5.90. The highest BCUT2D eigenvalue weighted by Crippen LogP contribution is 1.99. The van der Waals surface area contributed by atoms with Gasteiger partial charge in [0, 0.05) is 12.8 Å². The van der Waals surface area contributed by atoms with E-state index in [1.165, 1.54) is 6.26 Å². The highest BCUT2D eigenvalue weighted by atomic mass is 32.2. The van der Waals surface area contributed by atoms with Crippen LogP contribution in [0.5, 0.6) is 0 Å². The van der Waals surface area contributed by atoms with Crippen LogP contribution in [0.15, 0.2) is 0 Å². The number of nitrogens with zero attached hydrogens (tertiary/aromatic N) is 2. The number of nitriles is 1. The molecule has 0 rings (SSSR count). The van der Waals surface area contributed by atoms with Crippen LogP contribution in [-0.2, 0) is 9.84 Å². The second kappa shape index (κ2) is 5.20. The molecule has 0 aromatic carbocycles. The lowest BCUT2D eigenvalue weighted by molar-refractivity contribution is 0.297. The molecular weight excluding hydrogens is 188 g/mol. The minimum atomic E-state index is -2.92. The highest BCUT2D eigenvalue weighted by Gasteiger charge is 2.13. The van der Waals surface area contributed by atoms with Gasteiger partial charge in [0.25, 0.3) is 0 Å². The lowest BCUT2D eigenvalue weighted by atomic mass is 10.2. The monoisotopic (exact) mass is 204 g/mol. The van der Waals surface area contributed by atoms with Crippen molar-refractivity contribution < 1.29 is 8.42 Å². The van der Waals surface area contributed by atoms with Gasteiger partial charge in [-0.2, -0.15) is 5.26 Å². The molecule has 0 aliphatic carbocycles. The van der Waals surface area contributed by atoms with Crippen LogP contribution in [0.3, 0.4) is 0 Å². The molecule has 13 heavy (non-hydrogen) atoms. The van der Waals surface area contributed by atoms with Gasteiger partial charge in [0.15, 0.2) is 0 Å². The molecule has 1 atom stereocenters. The van der Waals surface area contributed by atoms with Crippen molar-refractivity contribution in [3.8, 4) is 6.07 Å². The second-order valence-electron chi connectivity index (χ2n) is 3.16. The van der Waals surface area contributed by atoms with Crippen LogP contribution in [0.1, 0.15) is 13.3 Å². The van der Waals surface area contributed by atoms with Gasteiger partial charge in [-0.15, -0.1) is 0 Å². The molecule has 1 unspecified atom stereocenters. The summed E-state index contributed by atoms with van der Waals surface area (Å²) in [6.07, 6.45) is 1.92. The van der Waals surface area contributed by atoms with E-state index in [9.17, 15) is 8.42 Å². The maximum absolute atomic E-state index is 10.8. The summed E-state index contributed by atoms with van der Waals surface area (Å²) in [7, 11) is -1.15. The largest absolute Gasteiger partial charge is 0.290 e. The van der Waals surface area contributed by atoms with E-state index in [0.29, 0.717) is 6.54 Å². The van der Waals surface area contributed by atoms with Crippen LogP contribution < -0.4 is 0 Å². The van der Waals surface area contributed by atoms with Crippen LogP contribution in [0.25, 0.3) is 0 Å². The molecule has 0 amide bonds. The highest BCUT2D eigenvalue weighted by molar-refractivity contribution is 7.90. The lowest BCUT2D eigenvalue weighted by Gasteiger charge is -2.20. The van der Waals surface area contributed by atoms with Gasteiger partial charge in [-0.05, 0) is 13.5 Å². The van der Waals surface area contributed by atoms with E-state index in [-0.39, 0.29) is 11.8 Å². The van der Waals surface area contributed by atoms with Crippen LogP contribution in [0, 0.1) is 11.3 Å². The molecule has 0 aliphatic rings. The Bertz CT molecular complexity index is 279. The summed E-state index contributed by atoms with van der Waals surface area (Å²) in [5.74, 6) is 0.113. The Morgan fingerprint density at radius 3 is 2.38 bits per heavy atom. The molecule has 0 aliphatic heterocycles. The van der Waals surface area contributed by atoms with Crippen LogP contribution in [-0.4, -0.2) is 45.0 Å². The van der Waals surface area contributed by atoms with E-state index in [2.05, 4.69) is 6.07 Å². The Morgan fingerprint density at radius 2 is 2.08 bits per heavy atom. The van der Waals surface area contributed by atoms with Crippen molar-refractivity contribution in [2.24, 2.45) is 0 Å². The molecular formula is C8H16N2O2S. The first kappa shape index (κ1) is 12.4. The standard InChI is InChI=1S/C8H16N2O2S/c1-4-8(7-9)10(2)5-6-13(3,11)12/h8H,4-6H2,1-3H3. The summed E-state index contributed by atoms with van der Waals surface area (Å²) in [6.45, 7) is 2.33. The predicted octanol–water partition coefficient (Wildman–Crippen LogP) is 0.265. The Labute approximate surface area is 80.1 Å². The maximum Gasteiger partial charge on any atom is 0.148 e. The van der Waals surface area contributed by atoms with Crippen molar-refractivity contribution in [2.75, 3.05) is 25.6 Å². The quantitative estimate of drug-likeness (QED) is 0.644. The lowest BCUT2D eigenvalue weighted by Crippen LogP contribution is -2.33. The van der Waals surface area contributed by atoms with E-state index < -0.39 is 9.84 Å². The van der Waals surface area contributed by atoms with Crippen molar-refractivity contribution in [1.29, 1.82) is 5.26 Å². The molecule has 0 spiro atoms. The van der Waals surface area contributed by atoms with Crippen molar-refractivity contribution >= 4 is 9.84 Å². The maximum atomic E-state index is 10.8. The minimum Gasteiger partial charge on any atom is -0.290 e. The molecule has 0 saturated heterocycles. The Morgan fingerprint density at radius 1 is 1.54 bits per heavy atom.